The molecule has 0 bridgehead atoms. The van der Waals surface area contributed by atoms with E-state index in [0.29, 0.717) is 21.4 Å². The highest BCUT2D eigenvalue weighted by Crippen LogP contribution is 2.30. The molecule has 2 aromatic carbocycles. The SMILES string of the molecule is NC(=O)c1cc(NC(=O)/C=C/c2ccc(-c3ccccc3F)s2)c(F)cc1F. The molecule has 1 aromatic heterocycles. The summed E-state index contributed by atoms with van der Waals surface area (Å²) in [5, 5.41) is 2.22. The van der Waals surface area contributed by atoms with Gasteiger partial charge in [0.2, 0.25) is 5.91 Å². The van der Waals surface area contributed by atoms with Crippen LogP contribution in [0.25, 0.3) is 16.5 Å². The molecule has 0 aliphatic heterocycles. The zero-order chi connectivity index (χ0) is 20.3. The molecule has 3 rings (SSSR count). The molecule has 0 spiro atoms. The number of thiophene rings is 1. The monoisotopic (exact) mass is 402 g/mol. The molecule has 1 heterocycles. The summed E-state index contributed by atoms with van der Waals surface area (Å²) in [5.74, 6) is -4.28. The molecule has 0 fully saturated rings. The van der Waals surface area contributed by atoms with Gasteiger partial charge in [0, 0.05) is 27.5 Å². The second-order valence-electron chi connectivity index (χ2n) is 5.68. The summed E-state index contributed by atoms with van der Waals surface area (Å²) in [7, 11) is 0. The number of carbonyl (C=O) groups is 2. The molecule has 0 aliphatic rings. The Kier molecular flexibility index (Phi) is 5.60. The first-order chi connectivity index (χ1) is 13.3. The highest BCUT2D eigenvalue weighted by molar-refractivity contribution is 7.16. The third-order valence-corrected chi connectivity index (χ3v) is 4.83. The first kappa shape index (κ1) is 19.4. The molecule has 0 saturated carbocycles. The van der Waals surface area contributed by atoms with Gasteiger partial charge in [-0.1, -0.05) is 18.2 Å². The van der Waals surface area contributed by atoms with Gasteiger partial charge in [0.25, 0.3) is 5.91 Å². The number of anilines is 1. The van der Waals surface area contributed by atoms with Gasteiger partial charge in [-0.3, -0.25) is 9.59 Å². The molecule has 0 unspecified atom stereocenters. The Morgan fingerprint density at radius 2 is 1.71 bits per heavy atom. The van der Waals surface area contributed by atoms with Crippen molar-refractivity contribution in [2.24, 2.45) is 5.73 Å². The van der Waals surface area contributed by atoms with Gasteiger partial charge in [-0.2, -0.15) is 0 Å². The quantitative estimate of drug-likeness (QED) is 0.613. The van der Waals surface area contributed by atoms with Crippen LogP contribution in [0.15, 0.2) is 54.6 Å². The number of carbonyl (C=O) groups excluding carboxylic acids is 2. The number of nitrogens with one attached hydrogen (secondary N) is 1. The van der Waals surface area contributed by atoms with Crippen LogP contribution < -0.4 is 11.1 Å². The molecule has 142 valence electrons. The van der Waals surface area contributed by atoms with Gasteiger partial charge < -0.3 is 11.1 Å². The fraction of sp³-hybridized carbons (Fsp3) is 0. The minimum Gasteiger partial charge on any atom is -0.366 e. The van der Waals surface area contributed by atoms with Crippen LogP contribution in [0.1, 0.15) is 15.2 Å². The van der Waals surface area contributed by atoms with Crippen LogP contribution in [0.3, 0.4) is 0 Å². The van der Waals surface area contributed by atoms with Gasteiger partial charge in [-0.25, -0.2) is 13.2 Å². The number of rotatable bonds is 5. The largest absolute Gasteiger partial charge is 0.366 e. The maximum atomic E-state index is 13.8. The predicted molar refractivity (Wildman–Crippen MR) is 102 cm³/mol. The van der Waals surface area contributed by atoms with Crippen molar-refractivity contribution in [3.63, 3.8) is 0 Å². The van der Waals surface area contributed by atoms with Gasteiger partial charge in [-0.15, -0.1) is 11.3 Å². The van der Waals surface area contributed by atoms with E-state index in [9.17, 15) is 22.8 Å². The fourth-order valence-electron chi connectivity index (χ4n) is 2.41. The van der Waals surface area contributed by atoms with E-state index in [0.717, 1.165) is 12.1 Å². The van der Waals surface area contributed by atoms with Crippen molar-refractivity contribution >= 4 is 34.9 Å². The summed E-state index contributed by atoms with van der Waals surface area (Å²) >= 11 is 1.27. The molecule has 0 aliphatic carbocycles. The molecule has 4 nitrogen and oxygen atoms in total. The fourth-order valence-corrected chi connectivity index (χ4v) is 3.35. The van der Waals surface area contributed by atoms with Crippen molar-refractivity contribution in [1.82, 2.24) is 0 Å². The van der Waals surface area contributed by atoms with Crippen LogP contribution in [0.5, 0.6) is 0 Å². The molecule has 8 heteroatoms. The van der Waals surface area contributed by atoms with E-state index in [1.807, 2.05) is 0 Å². The van der Waals surface area contributed by atoms with Crippen molar-refractivity contribution in [3.8, 4) is 10.4 Å². The zero-order valence-electron chi connectivity index (χ0n) is 14.2. The number of primary amides is 1. The first-order valence-corrected chi connectivity index (χ1v) is 8.79. The van der Waals surface area contributed by atoms with Crippen molar-refractivity contribution < 1.29 is 22.8 Å². The maximum absolute atomic E-state index is 13.8. The van der Waals surface area contributed by atoms with E-state index in [-0.39, 0.29) is 11.5 Å². The molecule has 3 N–H and O–H groups in total. The standard InChI is InChI=1S/C20H13F3N2O2S/c21-14-4-2-1-3-12(14)18-7-5-11(28-18)6-8-19(26)25-17-9-13(20(24)27)15(22)10-16(17)23/h1-10H,(H2,24,27)(H,25,26)/b8-6+. The lowest BCUT2D eigenvalue weighted by atomic mass is 10.1. The number of benzene rings is 2. The van der Waals surface area contributed by atoms with E-state index < -0.39 is 29.0 Å². The normalized spacial score (nSPS) is 11.0. The summed E-state index contributed by atoms with van der Waals surface area (Å²) < 4.78 is 41.1. The van der Waals surface area contributed by atoms with Crippen LogP contribution in [-0.4, -0.2) is 11.8 Å². The van der Waals surface area contributed by atoms with Crippen LogP contribution in [0.2, 0.25) is 0 Å². The summed E-state index contributed by atoms with van der Waals surface area (Å²) in [6, 6.07) is 11.1. The zero-order valence-corrected chi connectivity index (χ0v) is 15.0. The second kappa shape index (κ2) is 8.10. The van der Waals surface area contributed by atoms with E-state index in [1.54, 1.807) is 30.3 Å². The molecular weight excluding hydrogens is 389 g/mol. The maximum Gasteiger partial charge on any atom is 0.251 e. The Morgan fingerprint density at radius 3 is 2.43 bits per heavy atom. The smallest absolute Gasteiger partial charge is 0.251 e. The van der Waals surface area contributed by atoms with Gasteiger partial charge >= 0.3 is 0 Å². The van der Waals surface area contributed by atoms with Crippen molar-refractivity contribution in [1.29, 1.82) is 0 Å². The molecular formula is C20H13F3N2O2S. The topological polar surface area (TPSA) is 72.2 Å². The van der Waals surface area contributed by atoms with E-state index >= 15 is 0 Å². The highest BCUT2D eigenvalue weighted by Gasteiger charge is 2.15. The molecule has 28 heavy (non-hydrogen) atoms. The second-order valence-corrected chi connectivity index (χ2v) is 6.80. The lowest BCUT2D eigenvalue weighted by Crippen LogP contribution is -2.16. The van der Waals surface area contributed by atoms with Gasteiger partial charge in [0.1, 0.15) is 17.5 Å². The van der Waals surface area contributed by atoms with Crippen LogP contribution in [-0.2, 0) is 4.79 Å². The molecule has 0 saturated heterocycles. The predicted octanol–water partition coefficient (Wildman–Crippen LogP) is 4.58. The van der Waals surface area contributed by atoms with Crippen molar-refractivity contribution in [2.45, 2.75) is 0 Å². The highest BCUT2D eigenvalue weighted by atomic mass is 32.1. The summed E-state index contributed by atoms with van der Waals surface area (Å²) in [5.41, 5.74) is 4.55. The lowest BCUT2D eigenvalue weighted by molar-refractivity contribution is -0.111. The number of hydrogen-bond acceptors (Lipinski definition) is 3. The van der Waals surface area contributed by atoms with E-state index in [4.69, 9.17) is 5.73 Å². The number of nitrogens with two attached hydrogens (primary N) is 1. The molecule has 2 amide bonds. The first-order valence-electron chi connectivity index (χ1n) is 7.98. The summed E-state index contributed by atoms with van der Waals surface area (Å²) in [6.07, 6.45) is 2.62. The Morgan fingerprint density at radius 1 is 0.964 bits per heavy atom. The Hall–Kier alpha value is -3.39. The van der Waals surface area contributed by atoms with E-state index in [1.165, 1.54) is 23.5 Å². The van der Waals surface area contributed by atoms with Crippen LogP contribution >= 0.6 is 11.3 Å². The lowest BCUT2D eigenvalue weighted by Gasteiger charge is -2.06. The van der Waals surface area contributed by atoms with Gasteiger partial charge in [0.05, 0.1) is 11.3 Å². The van der Waals surface area contributed by atoms with Gasteiger partial charge in [-0.05, 0) is 30.3 Å². The molecule has 3 aromatic rings. The number of hydrogen-bond donors (Lipinski definition) is 2. The average Bonchev–Trinajstić information content (AvgIpc) is 3.11. The van der Waals surface area contributed by atoms with Crippen molar-refractivity contribution in [2.75, 3.05) is 5.32 Å². The Bertz CT molecular complexity index is 1090. The van der Waals surface area contributed by atoms with Crippen LogP contribution in [0.4, 0.5) is 18.9 Å². The number of amides is 2. The Balaban J connectivity index is 1.74. The van der Waals surface area contributed by atoms with Crippen molar-refractivity contribution in [3.05, 3.63) is 82.5 Å². The minimum absolute atomic E-state index is 0.352. The Labute approximate surface area is 162 Å². The number of halogens is 3. The summed E-state index contributed by atoms with van der Waals surface area (Å²) in [4.78, 5) is 24.5. The summed E-state index contributed by atoms with van der Waals surface area (Å²) in [6.45, 7) is 0. The third-order valence-electron chi connectivity index (χ3n) is 3.75. The minimum atomic E-state index is -1.11. The van der Waals surface area contributed by atoms with Gasteiger partial charge in [0.15, 0.2) is 0 Å². The average molecular weight is 402 g/mol. The third kappa shape index (κ3) is 4.29. The molecule has 0 atom stereocenters. The van der Waals surface area contributed by atoms with E-state index in [2.05, 4.69) is 5.32 Å². The van der Waals surface area contributed by atoms with Crippen LogP contribution in [0, 0.1) is 17.5 Å². The molecule has 0 radical (unpaired) electrons.